The molecular formula is C11H16N4O3S. The predicted molar refractivity (Wildman–Crippen MR) is 73.9 cm³/mol. The number of nitrogens with one attached hydrogen (secondary N) is 1. The fourth-order valence-electron chi connectivity index (χ4n) is 1.84. The molecule has 7 nitrogen and oxygen atoms in total. The van der Waals surface area contributed by atoms with Crippen molar-refractivity contribution in [3.05, 3.63) is 20.8 Å². The van der Waals surface area contributed by atoms with Gasteiger partial charge >= 0.3 is 5.69 Å². The zero-order chi connectivity index (χ0) is 14.0. The topological polar surface area (TPSA) is 81.9 Å². The summed E-state index contributed by atoms with van der Waals surface area (Å²) in [5.74, 6) is 0.835. The average molecular weight is 284 g/mol. The van der Waals surface area contributed by atoms with Crippen LogP contribution in [0.2, 0.25) is 0 Å². The van der Waals surface area contributed by atoms with Crippen LogP contribution in [0.3, 0.4) is 0 Å². The maximum absolute atomic E-state index is 12.0. The first-order chi connectivity index (χ1) is 9.10. The van der Waals surface area contributed by atoms with Crippen LogP contribution in [0.15, 0.2) is 14.7 Å². The molecule has 0 bridgehead atoms. The van der Waals surface area contributed by atoms with Crippen LogP contribution in [0.5, 0.6) is 0 Å². The number of imidazole rings is 1. The van der Waals surface area contributed by atoms with Crippen LogP contribution in [-0.4, -0.2) is 38.6 Å². The minimum Gasteiger partial charge on any atom is -0.383 e. The Kier molecular flexibility index (Phi) is 4.11. The average Bonchev–Trinajstić information content (AvgIpc) is 2.73. The third-order valence-electron chi connectivity index (χ3n) is 2.76. The quantitative estimate of drug-likeness (QED) is 0.792. The molecule has 0 saturated carbocycles. The highest BCUT2D eigenvalue weighted by atomic mass is 32.2. The molecule has 0 spiro atoms. The van der Waals surface area contributed by atoms with E-state index in [1.165, 1.54) is 16.3 Å². The summed E-state index contributed by atoms with van der Waals surface area (Å²) in [5, 5.41) is 0.723. The van der Waals surface area contributed by atoms with Crippen LogP contribution in [0.1, 0.15) is 6.92 Å². The van der Waals surface area contributed by atoms with Gasteiger partial charge in [-0.15, -0.1) is 0 Å². The van der Waals surface area contributed by atoms with E-state index in [4.69, 9.17) is 4.74 Å². The molecule has 0 unspecified atom stereocenters. The minimum atomic E-state index is -0.457. The Morgan fingerprint density at radius 3 is 2.79 bits per heavy atom. The number of thioether (sulfide) groups is 1. The van der Waals surface area contributed by atoms with E-state index < -0.39 is 11.2 Å². The third-order valence-corrected chi connectivity index (χ3v) is 3.62. The molecule has 104 valence electrons. The van der Waals surface area contributed by atoms with Crippen LogP contribution < -0.4 is 11.2 Å². The summed E-state index contributed by atoms with van der Waals surface area (Å²) in [5.41, 5.74) is -0.0532. The van der Waals surface area contributed by atoms with Gasteiger partial charge in [0.25, 0.3) is 5.56 Å². The lowest BCUT2D eigenvalue weighted by Gasteiger charge is -2.06. The number of hydrogen-bond donors (Lipinski definition) is 1. The molecule has 2 aromatic heterocycles. The molecule has 2 aromatic rings. The maximum atomic E-state index is 12.0. The smallest absolute Gasteiger partial charge is 0.329 e. The molecule has 19 heavy (non-hydrogen) atoms. The first-order valence-electron chi connectivity index (χ1n) is 5.91. The van der Waals surface area contributed by atoms with Crippen molar-refractivity contribution < 1.29 is 4.74 Å². The molecule has 2 rings (SSSR count). The summed E-state index contributed by atoms with van der Waals surface area (Å²) in [4.78, 5) is 30.2. The largest absolute Gasteiger partial charge is 0.383 e. The van der Waals surface area contributed by atoms with E-state index in [0.29, 0.717) is 24.3 Å². The second kappa shape index (κ2) is 5.62. The fourth-order valence-corrected chi connectivity index (χ4v) is 2.59. The van der Waals surface area contributed by atoms with Crippen molar-refractivity contribution >= 4 is 22.9 Å². The summed E-state index contributed by atoms with van der Waals surface area (Å²) in [7, 11) is 3.19. The van der Waals surface area contributed by atoms with Gasteiger partial charge in [0.15, 0.2) is 16.3 Å². The number of H-pyrrole nitrogens is 1. The van der Waals surface area contributed by atoms with E-state index in [1.807, 2.05) is 6.92 Å². The molecule has 0 amide bonds. The van der Waals surface area contributed by atoms with Crippen molar-refractivity contribution in [3.8, 4) is 0 Å². The molecule has 0 atom stereocenters. The molecule has 0 aliphatic heterocycles. The molecular weight excluding hydrogens is 268 g/mol. The normalized spacial score (nSPS) is 11.3. The zero-order valence-electron chi connectivity index (χ0n) is 11.1. The second-order valence-corrected chi connectivity index (χ2v) is 5.19. The Morgan fingerprint density at radius 1 is 1.42 bits per heavy atom. The van der Waals surface area contributed by atoms with Gasteiger partial charge in [0.2, 0.25) is 0 Å². The monoisotopic (exact) mass is 284 g/mol. The zero-order valence-corrected chi connectivity index (χ0v) is 11.9. The highest BCUT2D eigenvalue weighted by molar-refractivity contribution is 7.99. The second-order valence-electron chi connectivity index (χ2n) is 3.96. The lowest BCUT2D eigenvalue weighted by atomic mass is 10.5. The van der Waals surface area contributed by atoms with Gasteiger partial charge in [-0.1, -0.05) is 18.7 Å². The lowest BCUT2D eigenvalue weighted by Crippen LogP contribution is -2.29. The standard InChI is InChI=1S/C11H16N4O3S/c1-4-19-11-12-8-7(15(11)5-6-18-3)9(16)13-10(17)14(8)2/h4-6H2,1-3H3,(H,13,16,17). The first kappa shape index (κ1) is 13.9. The van der Waals surface area contributed by atoms with Crippen molar-refractivity contribution in [3.63, 3.8) is 0 Å². The molecule has 2 heterocycles. The number of aromatic amines is 1. The number of ether oxygens (including phenoxy) is 1. The van der Waals surface area contributed by atoms with Gasteiger partial charge in [-0.2, -0.15) is 0 Å². The van der Waals surface area contributed by atoms with Crippen LogP contribution in [0, 0.1) is 0 Å². The maximum Gasteiger partial charge on any atom is 0.329 e. The number of rotatable bonds is 5. The third kappa shape index (κ3) is 2.45. The molecule has 0 aliphatic carbocycles. The number of fused-ring (bicyclic) bond motifs is 1. The summed E-state index contributed by atoms with van der Waals surface area (Å²) in [6, 6.07) is 0. The lowest BCUT2D eigenvalue weighted by molar-refractivity contribution is 0.186. The van der Waals surface area contributed by atoms with Gasteiger partial charge in [-0.25, -0.2) is 9.78 Å². The van der Waals surface area contributed by atoms with Crippen molar-refractivity contribution in [1.29, 1.82) is 0 Å². The fraction of sp³-hybridized carbons (Fsp3) is 0.545. The van der Waals surface area contributed by atoms with Gasteiger partial charge in [0.05, 0.1) is 6.61 Å². The molecule has 1 N–H and O–H groups in total. The van der Waals surface area contributed by atoms with Gasteiger partial charge in [0, 0.05) is 20.7 Å². The Morgan fingerprint density at radius 2 is 2.16 bits per heavy atom. The van der Waals surface area contributed by atoms with Crippen LogP contribution in [0.4, 0.5) is 0 Å². The van der Waals surface area contributed by atoms with Crippen LogP contribution in [-0.2, 0) is 18.3 Å². The highest BCUT2D eigenvalue weighted by Gasteiger charge is 2.16. The molecule has 0 fully saturated rings. The molecule has 0 aromatic carbocycles. The highest BCUT2D eigenvalue weighted by Crippen LogP contribution is 2.20. The van der Waals surface area contributed by atoms with Gasteiger partial charge in [0.1, 0.15) is 0 Å². The molecule has 8 heteroatoms. The number of aryl methyl sites for hydroxylation is 1. The van der Waals surface area contributed by atoms with Crippen LogP contribution >= 0.6 is 11.8 Å². The Hall–Kier alpha value is -1.54. The van der Waals surface area contributed by atoms with Crippen molar-refractivity contribution in [2.45, 2.75) is 18.6 Å². The van der Waals surface area contributed by atoms with E-state index in [0.717, 1.165) is 10.9 Å². The summed E-state index contributed by atoms with van der Waals surface area (Å²) >= 11 is 1.53. The SMILES string of the molecule is CCSc1nc2c(c(=O)[nH]c(=O)n2C)n1CCOC. The van der Waals surface area contributed by atoms with Crippen molar-refractivity contribution in [2.24, 2.45) is 7.05 Å². The minimum absolute atomic E-state index is 0.404. The van der Waals surface area contributed by atoms with Gasteiger partial charge in [-0.05, 0) is 5.75 Å². The Balaban J connectivity index is 2.74. The number of nitrogens with zero attached hydrogens (tertiary/aromatic N) is 3. The van der Waals surface area contributed by atoms with E-state index in [2.05, 4.69) is 9.97 Å². The number of aromatic nitrogens is 4. The van der Waals surface area contributed by atoms with Gasteiger partial charge < -0.3 is 9.30 Å². The number of methoxy groups -OCH3 is 1. The van der Waals surface area contributed by atoms with Crippen molar-refractivity contribution in [2.75, 3.05) is 19.5 Å². The summed E-state index contributed by atoms with van der Waals surface area (Å²) < 4.78 is 8.20. The molecule has 0 radical (unpaired) electrons. The molecule has 0 aliphatic rings. The van der Waals surface area contributed by atoms with E-state index >= 15 is 0 Å². The van der Waals surface area contributed by atoms with E-state index in [1.54, 1.807) is 18.7 Å². The first-order valence-corrected chi connectivity index (χ1v) is 6.90. The summed E-state index contributed by atoms with van der Waals surface area (Å²) in [6.45, 7) is 3.01. The van der Waals surface area contributed by atoms with Crippen molar-refractivity contribution in [1.82, 2.24) is 19.1 Å². The van der Waals surface area contributed by atoms with E-state index in [9.17, 15) is 9.59 Å². The van der Waals surface area contributed by atoms with Gasteiger partial charge in [-0.3, -0.25) is 14.3 Å². The Labute approximate surface area is 113 Å². The Bertz CT molecular complexity index is 700. The number of hydrogen-bond acceptors (Lipinski definition) is 5. The molecule has 0 saturated heterocycles. The van der Waals surface area contributed by atoms with Crippen LogP contribution in [0.25, 0.3) is 11.2 Å². The summed E-state index contributed by atoms with van der Waals surface area (Å²) in [6.07, 6.45) is 0. The predicted octanol–water partition coefficient (Wildman–Crippen LogP) is 0.182. The van der Waals surface area contributed by atoms with E-state index in [-0.39, 0.29) is 0 Å².